The van der Waals surface area contributed by atoms with E-state index in [1.807, 2.05) is 31.3 Å². The first-order chi connectivity index (χ1) is 8.26. The molecule has 1 atom stereocenters. The van der Waals surface area contributed by atoms with E-state index < -0.39 is 0 Å². The van der Waals surface area contributed by atoms with Gasteiger partial charge in [0.25, 0.3) is 0 Å². The minimum absolute atomic E-state index is 0.141. The normalized spacial score (nSPS) is 12.6. The van der Waals surface area contributed by atoms with Gasteiger partial charge in [-0.25, -0.2) is 0 Å². The van der Waals surface area contributed by atoms with Crippen LogP contribution >= 0.6 is 23.1 Å². The molecule has 0 aliphatic heterocycles. The van der Waals surface area contributed by atoms with E-state index in [0.29, 0.717) is 0 Å². The highest BCUT2D eigenvalue weighted by Crippen LogP contribution is 2.27. The summed E-state index contributed by atoms with van der Waals surface area (Å²) < 4.78 is 4.03. The van der Waals surface area contributed by atoms with Crippen molar-refractivity contribution >= 4 is 23.1 Å². The van der Waals surface area contributed by atoms with Crippen molar-refractivity contribution in [2.75, 3.05) is 7.05 Å². The molecule has 0 bridgehead atoms. The lowest BCUT2D eigenvalue weighted by Crippen LogP contribution is -2.17. The van der Waals surface area contributed by atoms with Crippen molar-refractivity contribution in [2.45, 2.75) is 19.4 Å². The van der Waals surface area contributed by atoms with Gasteiger partial charge in [-0.1, -0.05) is 35.1 Å². The third kappa shape index (κ3) is 2.65. The van der Waals surface area contributed by atoms with Crippen LogP contribution in [0.15, 0.2) is 24.3 Å². The molecule has 0 fully saturated rings. The molecule has 2 aromatic rings. The molecule has 0 amide bonds. The van der Waals surface area contributed by atoms with Gasteiger partial charge < -0.3 is 5.32 Å². The first kappa shape index (κ1) is 12.5. The number of aryl methyl sites for hydroxylation is 1. The largest absolute Gasteiger partial charge is 0.309 e. The molecule has 0 aliphatic carbocycles. The lowest BCUT2D eigenvalue weighted by atomic mass is 10.0. The highest BCUT2D eigenvalue weighted by molar-refractivity contribution is 7.05. The van der Waals surface area contributed by atoms with Gasteiger partial charge >= 0.3 is 0 Å². The van der Waals surface area contributed by atoms with E-state index in [2.05, 4.69) is 21.8 Å². The molecule has 0 saturated carbocycles. The van der Waals surface area contributed by atoms with E-state index in [1.54, 1.807) is 0 Å². The lowest BCUT2D eigenvalue weighted by Gasteiger charge is -2.15. The second-order valence-electron chi connectivity index (χ2n) is 3.71. The fourth-order valence-corrected chi connectivity index (χ4v) is 2.79. The van der Waals surface area contributed by atoms with Crippen LogP contribution in [0.4, 0.5) is 0 Å². The fourth-order valence-electron chi connectivity index (χ4n) is 1.78. The first-order valence-corrected chi connectivity index (χ1v) is 6.65. The quantitative estimate of drug-likeness (QED) is 0.925. The van der Waals surface area contributed by atoms with E-state index in [1.165, 1.54) is 22.0 Å². The van der Waals surface area contributed by atoms with Crippen molar-refractivity contribution in [3.8, 4) is 0 Å². The van der Waals surface area contributed by atoms with Gasteiger partial charge in [-0.05, 0) is 42.7 Å². The molecule has 0 radical (unpaired) electrons. The predicted octanol–water partition coefficient (Wildman–Crippen LogP) is 3.06. The van der Waals surface area contributed by atoms with Crippen LogP contribution in [-0.4, -0.2) is 16.6 Å². The van der Waals surface area contributed by atoms with E-state index in [9.17, 15) is 0 Å². The fraction of sp³-hybridized carbons (Fsp3) is 0.333. The maximum absolute atomic E-state index is 5.90. The van der Waals surface area contributed by atoms with E-state index in [0.717, 1.165) is 17.1 Å². The Labute approximate surface area is 110 Å². The van der Waals surface area contributed by atoms with Crippen LogP contribution in [-0.2, 0) is 6.42 Å². The molecule has 1 aromatic carbocycles. The average Bonchev–Trinajstić information content (AvgIpc) is 2.81. The van der Waals surface area contributed by atoms with Gasteiger partial charge in [-0.3, -0.25) is 0 Å². The summed E-state index contributed by atoms with van der Waals surface area (Å²) in [6.07, 6.45) is 0.900. The maximum atomic E-state index is 5.90. The minimum atomic E-state index is 0.141. The first-order valence-electron chi connectivity index (χ1n) is 5.50. The van der Waals surface area contributed by atoms with Crippen LogP contribution < -0.4 is 5.32 Å². The third-order valence-electron chi connectivity index (χ3n) is 2.67. The van der Waals surface area contributed by atoms with Gasteiger partial charge in [-0.15, -0.1) is 5.10 Å². The van der Waals surface area contributed by atoms with Crippen molar-refractivity contribution in [1.82, 2.24) is 14.9 Å². The SMILES string of the molecule is CCc1nnsc1C(NC)c1ccc(Cl)cc1. The molecule has 0 saturated heterocycles. The van der Waals surface area contributed by atoms with Crippen molar-refractivity contribution in [2.24, 2.45) is 0 Å². The Hall–Kier alpha value is -0.970. The Morgan fingerprint density at radius 2 is 2.06 bits per heavy atom. The Bertz CT molecular complexity index is 481. The highest BCUT2D eigenvalue weighted by atomic mass is 35.5. The maximum Gasteiger partial charge on any atom is 0.0804 e. The van der Waals surface area contributed by atoms with Gasteiger partial charge in [0.2, 0.25) is 0 Å². The molecule has 90 valence electrons. The molecular formula is C12H14ClN3S. The zero-order valence-corrected chi connectivity index (χ0v) is 11.3. The molecule has 0 aliphatic rings. The monoisotopic (exact) mass is 267 g/mol. The van der Waals surface area contributed by atoms with Crippen LogP contribution in [0.3, 0.4) is 0 Å². The standard InChI is InChI=1S/C12H14ClN3S/c1-3-10-12(17-16-15-10)11(14-2)8-4-6-9(13)7-5-8/h4-7,11,14H,3H2,1-2H3. The number of rotatable bonds is 4. The summed E-state index contributed by atoms with van der Waals surface area (Å²) in [5, 5.41) is 8.20. The number of nitrogens with one attached hydrogen (secondary N) is 1. The molecular weight excluding hydrogens is 254 g/mol. The van der Waals surface area contributed by atoms with Crippen LogP contribution in [0.5, 0.6) is 0 Å². The highest BCUT2D eigenvalue weighted by Gasteiger charge is 2.18. The molecule has 2 rings (SSSR count). The Morgan fingerprint density at radius 1 is 1.35 bits per heavy atom. The molecule has 1 heterocycles. The number of nitrogens with zero attached hydrogens (tertiary/aromatic N) is 2. The third-order valence-corrected chi connectivity index (χ3v) is 3.76. The number of halogens is 1. The summed E-state index contributed by atoms with van der Waals surface area (Å²) in [6.45, 7) is 2.09. The Kier molecular flexibility index (Phi) is 4.10. The zero-order chi connectivity index (χ0) is 12.3. The van der Waals surface area contributed by atoms with Gasteiger partial charge in [0.15, 0.2) is 0 Å². The van der Waals surface area contributed by atoms with E-state index >= 15 is 0 Å². The van der Waals surface area contributed by atoms with Crippen LogP contribution in [0.25, 0.3) is 0 Å². The Balaban J connectivity index is 2.36. The van der Waals surface area contributed by atoms with Crippen molar-refractivity contribution in [3.63, 3.8) is 0 Å². The Morgan fingerprint density at radius 3 is 2.65 bits per heavy atom. The summed E-state index contributed by atoms with van der Waals surface area (Å²) in [5.41, 5.74) is 2.24. The molecule has 0 spiro atoms. The molecule has 5 heteroatoms. The van der Waals surface area contributed by atoms with E-state index in [4.69, 9.17) is 11.6 Å². The van der Waals surface area contributed by atoms with Crippen LogP contribution in [0, 0.1) is 0 Å². The average molecular weight is 268 g/mol. The smallest absolute Gasteiger partial charge is 0.0804 e. The van der Waals surface area contributed by atoms with Crippen molar-refractivity contribution < 1.29 is 0 Å². The minimum Gasteiger partial charge on any atom is -0.309 e. The van der Waals surface area contributed by atoms with Crippen LogP contribution in [0.1, 0.15) is 29.1 Å². The van der Waals surface area contributed by atoms with Gasteiger partial charge in [-0.2, -0.15) is 0 Å². The topological polar surface area (TPSA) is 37.8 Å². The van der Waals surface area contributed by atoms with Crippen molar-refractivity contribution in [3.05, 3.63) is 45.4 Å². The molecule has 17 heavy (non-hydrogen) atoms. The molecule has 1 aromatic heterocycles. The second kappa shape index (κ2) is 5.58. The summed E-state index contributed by atoms with van der Waals surface area (Å²) in [7, 11) is 1.94. The number of hydrogen-bond acceptors (Lipinski definition) is 4. The molecule has 1 unspecified atom stereocenters. The summed E-state index contributed by atoms with van der Waals surface area (Å²) in [6, 6.07) is 8.01. The van der Waals surface area contributed by atoms with E-state index in [-0.39, 0.29) is 6.04 Å². The second-order valence-corrected chi connectivity index (χ2v) is 4.93. The van der Waals surface area contributed by atoms with Gasteiger partial charge in [0.05, 0.1) is 16.6 Å². The van der Waals surface area contributed by atoms with Crippen molar-refractivity contribution in [1.29, 1.82) is 0 Å². The summed E-state index contributed by atoms with van der Waals surface area (Å²) in [5.74, 6) is 0. The summed E-state index contributed by atoms with van der Waals surface area (Å²) in [4.78, 5) is 1.18. The van der Waals surface area contributed by atoms with Gasteiger partial charge in [0, 0.05) is 5.02 Å². The molecule has 3 nitrogen and oxygen atoms in total. The predicted molar refractivity (Wildman–Crippen MR) is 71.6 cm³/mol. The number of aromatic nitrogens is 2. The van der Waals surface area contributed by atoms with Gasteiger partial charge in [0.1, 0.15) is 0 Å². The zero-order valence-electron chi connectivity index (χ0n) is 9.77. The molecule has 1 N–H and O–H groups in total. The van der Waals surface area contributed by atoms with Crippen LogP contribution in [0.2, 0.25) is 5.02 Å². The number of hydrogen-bond donors (Lipinski definition) is 1. The summed E-state index contributed by atoms with van der Waals surface area (Å²) >= 11 is 7.35. The lowest BCUT2D eigenvalue weighted by molar-refractivity contribution is 0.693. The number of benzene rings is 1.